The predicted octanol–water partition coefficient (Wildman–Crippen LogP) is 1.52. The third-order valence-corrected chi connectivity index (χ3v) is 1.39. The Morgan fingerprint density at radius 2 is 2.00 bits per heavy atom. The minimum Gasteiger partial charge on any atom is -0.464 e. The zero-order valence-electron chi connectivity index (χ0n) is 7.41. The molecule has 0 atom stereocenters. The van der Waals surface area contributed by atoms with Crippen molar-refractivity contribution >= 4 is 18.4 Å². The predicted molar refractivity (Wildman–Crippen MR) is 49.4 cm³/mol. The van der Waals surface area contributed by atoms with E-state index in [0.717, 1.165) is 12.8 Å². The van der Waals surface area contributed by atoms with Crippen LogP contribution in [0.25, 0.3) is 0 Å². The summed E-state index contributed by atoms with van der Waals surface area (Å²) < 4.78 is 4.65. The van der Waals surface area contributed by atoms with Gasteiger partial charge in [0.1, 0.15) is 6.61 Å². The molecule has 0 saturated heterocycles. The van der Waals surface area contributed by atoms with Crippen LogP contribution in [0.4, 0.5) is 0 Å². The number of carbonyl (C=O) groups is 1. The van der Waals surface area contributed by atoms with Gasteiger partial charge in [-0.05, 0) is 6.42 Å². The van der Waals surface area contributed by atoms with Crippen LogP contribution >= 0.6 is 12.4 Å². The molecule has 12 heavy (non-hydrogen) atoms. The van der Waals surface area contributed by atoms with Crippen molar-refractivity contribution in [3.63, 3.8) is 0 Å². The molecule has 0 aromatic heterocycles. The third kappa shape index (κ3) is 9.72. The van der Waals surface area contributed by atoms with Crippen molar-refractivity contribution in [3.8, 4) is 0 Å². The average Bonchev–Trinajstić information content (AvgIpc) is 2.04. The number of halogens is 1. The molecule has 0 aliphatic heterocycles. The first kappa shape index (κ1) is 14.3. The molecule has 0 unspecified atom stereocenters. The lowest BCUT2D eigenvalue weighted by Gasteiger charge is -2.01. The second-order valence-electron chi connectivity index (χ2n) is 2.44. The molecule has 0 saturated carbocycles. The van der Waals surface area contributed by atoms with Gasteiger partial charge in [-0.3, -0.25) is 0 Å². The number of hydrogen-bond acceptors (Lipinski definition) is 3. The molecular weight excluding hydrogens is 180 g/mol. The van der Waals surface area contributed by atoms with Gasteiger partial charge >= 0.3 is 5.97 Å². The Bertz CT molecular complexity index is 106. The van der Waals surface area contributed by atoms with E-state index in [0.29, 0.717) is 6.61 Å². The molecule has 0 aromatic carbocycles. The van der Waals surface area contributed by atoms with Crippen molar-refractivity contribution < 1.29 is 14.6 Å². The summed E-state index contributed by atoms with van der Waals surface area (Å²) in [5.74, 6) is -0.526. The number of hydrogen-bond donors (Lipinski definition) is 1. The van der Waals surface area contributed by atoms with E-state index in [4.69, 9.17) is 5.11 Å². The summed E-state index contributed by atoms with van der Waals surface area (Å²) in [5.41, 5.74) is 0. The first-order chi connectivity index (χ1) is 5.31. The zero-order chi connectivity index (χ0) is 8.53. The van der Waals surface area contributed by atoms with Crippen LogP contribution < -0.4 is 0 Å². The van der Waals surface area contributed by atoms with E-state index in [1.165, 1.54) is 12.8 Å². The smallest absolute Gasteiger partial charge is 0.331 e. The van der Waals surface area contributed by atoms with Gasteiger partial charge < -0.3 is 9.84 Å². The third-order valence-electron chi connectivity index (χ3n) is 1.39. The molecule has 0 aliphatic rings. The molecule has 74 valence electrons. The summed E-state index contributed by atoms with van der Waals surface area (Å²) >= 11 is 0. The van der Waals surface area contributed by atoms with Crippen LogP contribution in [0.3, 0.4) is 0 Å². The highest BCUT2D eigenvalue weighted by Gasteiger charge is 1.97. The first-order valence-corrected chi connectivity index (χ1v) is 4.07. The summed E-state index contributed by atoms with van der Waals surface area (Å²) in [4.78, 5) is 10.4. The number of aliphatic hydroxyl groups excluding tert-OH is 1. The Hall–Kier alpha value is -0.280. The summed E-state index contributed by atoms with van der Waals surface area (Å²) in [5, 5.41) is 8.26. The standard InChI is InChI=1S/C8H16O3.ClH/c1-2-3-4-5-6-11-8(10)7-9;/h9H,2-7H2,1H3;1H. The quantitative estimate of drug-likeness (QED) is 0.518. The van der Waals surface area contributed by atoms with Gasteiger partial charge in [-0.15, -0.1) is 12.4 Å². The summed E-state index contributed by atoms with van der Waals surface area (Å²) in [6.45, 7) is 2.06. The highest BCUT2D eigenvalue weighted by atomic mass is 35.5. The summed E-state index contributed by atoms with van der Waals surface area (Å²) in [6.07, 6.45) is 4.35. The number of esters is 1. The molecule has 0 fully saturated rings. The Morgan fingerprint density at radius 1 is 1.33 bits per heavy atom. The average molecular weight is 197 g/mol. The van der Waals surface area contributed by atoms with Gasteiger partial charge in [0.25, 0.3) is 0 Å². The van der Waals surface area contributed by atoms with E-state index >= 15 is 0 Å². The van der Waals surface area contributed by atoms with Gasteiger partial charge in [0.05, 0.1) is 6.61 Å². The SMILES string of the molecule is CCCCCCOC(=O)CO.Cl. The van der Waals surface area contributed by atoms with Gasteiger partial charge in [0.15, 0.2) is 0 Å². The van der Waals surface area contributed by atoms with Crippen LogP contribution in [-0.4, -0.2) is 24.3 Å². The second kappa shape index (κ2) is 10.7. The molecule has 0 radical (unpaired) electrons. The van der Waals surface area contributed by atoms with Crippen molar-refractivity contribution in [1.29, 1.82) is 0 Å². The number of rotatable bonds is 6. The fourth-order valence-electron chi connectivity index (χ4n) is 0.760. The maximum Gasteiger partial charge on any atom is 0.331 e. The molecule has 0 aliphatic carbocycles. The number of aliphatic hydroxyl groups is 1. The minimum absolute atomic E-state index is 0. The molecule has 0 rings (SSSR count). The zero-order valence-corrected chi connectivity index (χ0v) is 8.23. The maximum atomic E-state index is 10.4. The van der Waals surface area contributed by atoms with Crippen LogP contribution in [-0.2, 0) is 9.53 Å². The number of ether oxygens (including phenoxy) is 1. The molecule has 1 N–H and O–H groups in total. The summed E-state index contributed by atoms with van der Waals surface area (Å²) in [7, 11) is 0. The lowest BCUT2D eigenvalue weighted by atomic mass is 10.2. The van der Waals surface area contributed by atoms with Crippen LogP contribution in [0, 0.1) is 0 Å². The largest absolute Gasteiger partial charge is 0.464 e. The van der Waals surface area contributed by atoms with Crippen LogP contribution in [0.2, 0.25) is 0 Å². The van der Waals surface area contributed by atoms with Gasteiger partial charge in [0, 0.05) is 0 Å². The van der Waals surface area contributed by atoms with Crippen LogP contribution in [0.1, 0.15) is 32.6 Å². The molecule has 0 heterocycles. The van der Waals surface area contributed by atoms with E-state index < -0.39 is 12.6 Å². The van der Waals surface area contributed by atoms with Crippen molar-refractivity contribution in [2.45, 2.75) is 32.6 Å². The fraction of sp³-hybridized carbons (Fsp3) is 0.875. The van der Waals surface area contributed by atoms with Crippen molar-refractivity contribution in [3.05, 3.63) is 0 Å². The molecule has 4 heteroatoms. The highest BCUT2D eigenvalue weighted by Crippen LogP contribution is 1.98. The van der Waals surface area contributed by atoms with E-state index in [1.54, 1.807) is 0 Å². The first-order valence-electron chi connectivity index (χ1n) is 4.07. The number of unbranched alkanes of at least 4 members (excludes halogenated alkanes) is 3. The van der Waals surface area contributed by atoms with E-state index in [9.17, 15) is 4.79 Å². The fourth-order valence-corrected chi connectivity index (χ4v) is 0.760. The Labute approximate surface area is 79.5 Å². The number of carbonyl (C=O) groups excluding carboxylic acids is 1. The topological polar surface area (TPSA) is 46.5 Å². The minimum atomic E-state index is -0.526. The Kier molecular flexibility index (Phi) is 12.7. The molecule has 0 amide bonds. The molecule has 0 aromatic rings. The lowest BCUT2D eigenvalue weighted by Crippen LogP contribution is -2.09. The molecular formula is C8H17ClO3. The Morgan fingerprint density at radius 3 is 2.50 bits per heavy atom. The van der Waals surface area contributed by atoms with E-state index in [1.807, 2.05) is 0 Å². The molecule has 3 nitrogen and oxygen atoms in total. The molecule has 0 spiro atoms. The van der Waals surface area contributed by atoms with Crippen molar-refractivity contribution in [1.82, 2.24) is 0 Å². The maximum absolute atomic E-state index is 10.4. The van der Waals surface area contributed by atoms with Gasteiger partial charge in [-0.25, -0.2) is 4.79 Å². The van der Waals surface area contributed by atoms with E-state index in [2.05, 4.69) is 11.7 Å². The van der Waals surface area contributed by atoms with Crippen molar-refractivity contribution in [2.75, 3.05) is 13.2 Å². The van der Waals surface area contributed by atoms with Gasteiger partial charge in [-0.2, -0.15) is 0 Å². The van der Waals surface area contributed by atoms with Crippen LogP contribution in [0.5, 0.6) is 0 Å². The van der Waals surface area contributed by atoms with Gasteiger partial charge in [0.2, 0.25) is 0 Å². The van der Waals surface area contributed by atoms with Crippen molar-refractivity contribution in [2.24, 2.45) is 0 Å². The highest BCUT2D eigenvalue weighted by molar-refractivity contribution is 5.85. The lowest BCUT2D eigenvalue weighted by molar-refractivity contribution is -0.147. The Balaban J connectivity index is 0. The van der Waals surface area contributed by atoms with Gasteiger partial charge in [-0.1, -0.05) is 26.2 Å². The van der Waals surface area contributed by atoms with E-state index in [-0.39, 0.29) is 12.4 Å². The van der Waals surface area contributed by atoms with Crippen LogP contribution in [0.15, 0.2) is 0 Å². The molecule has 0 bridgehead atoms. The monoisotopic (exact) mass is 196 g/mol. The summed E-state index contributed by atoms with van der Waals surface area (Å²) in [6, 6.07) is 0. The second-order valence-corrected chi connectivity index (χ2v) is 2.44. The normalized spacial score (nSPS) is 8.83.